The van der Waals surface area contributed by atoms with Crippen LogP contribution in [0.3, 0.4) is 0 Å². The minimum atomic E-state index is 0.214. The molecule has 1 saturated heterocycles. The average Bonchev–Trinajstić information content (AvgIpc) is 3.06. The van der Waals surface area contributed by atoms with Gasteiger partial charge in [0, 0.05) is 37.9 Å². The number of nitrogens with zero attached hydrogens (tertiary/aromatic N) is 3. The van der Waals surface area contributed by atoms with E-state index in [0.717, 1.165) is 31.9 Å². The van der Waals surface area contributed by atoms with E-state index in [2.05, 4.69) is 44.6 Å². The van der Waals surface area contributed by atoms with Gasteiger partial charge in [0.05, 0.1) is 0 Å². The third-order valence-electron chi connectivity index (χ3n) is 6.22. The number of aryl methyl sites for hydroxylation is 1. The van der Waals surface area contributed by atoms with Crippen molar-refractivity contribution in [3.8, 4) is 0 Å². The molecule has 2 fully saturated rings. The Hall–Kier alpha value is -1.72. The number of aromatic nitrogens is 1. The molecule has 1 amide bonds. The van der Waals surface area contributed by atoms with Crippen LogP contribution in [0.4, 0.5) is 0 Å². The number of carbonyl (C=O) groups is 1. The SMILES string of the molecule is CC(=O)N(Cc1ccsc1)[C@H]1CC12CCN(Cc1cccnc1C)CC2. The number of thiophene rings is 1. The monoisotopic (exact) mass is 369 g/mol. The predicted molar refractivity (Wildman–Crippen MR) is 105 cm³/mol. The van der Waals surface area contributed by atoms with Gasteiger partial charge in [-0.15, -0.1) is 0 Å². The molecule has 2 aliphatic rings. The summed E-state index contributed by atoms with van der Waals surface area (Å²) in [5.41, 5.74) is 4.09. The van der Waals surface area contributed by atoms with Crippen molar-refractivity contribution in [3.63, 3.8) is 0 Å². The molecular weight excluding hydrogens is 342 g/mol. The van der Waals surface area contributed by atoms with Crippen molar-refractivity contribution in [1.82, 2.24) is 14.8 Å². The van der Waals surface area contributed by atoms with Gasteiger partial charge in [0.15, 0.2) is 0 Å². The molecule has 4 rings (SSSR count). The van der Waals surface area contributed by atoms with E-state index in [1.165, 1.54) is 30.4 Å². The average molecular weight is 370 g/mol. The lowest BCUT2D eigenvalue weighted by Crippen LogP contribution is -2.39. The Bertz CT molecular complexity index is 765. The van der Waals surface area contributed by atoms with Crippen molar-refractivity contribution in [2.45, 2.75) is 52.2 Å². The first-order valence-corrected chi connectivity index (χ1v) is 10.4. The lowest BCUT2D eigenvalue weighted by atomic mass is 9.92. The second kappa shape index (κ2) is 7.12. The fourth-order valence-corrected chi connectivity index (χ4v) is 5.07. The highest BCUT2D eigenvalue weighted by atomic mass is 32.1. The lowest BCUT2D eigenvalue weighted by molar-refractivity contribution is -0.130. The number of hydrogen-bond donors (Lipinski definition) is 0. The Kier molecular flexibility index (Phi) is 4.84. The Labute approximate surface area is 159 Å². The first-order valence-electron chi connectivity index (χ1n) is 9.48. The molecule has 1 aliphatic carbocycles. The second-order valence-electron chi connectivity index (χ2n) is 7.88. The first kappa shape index (κ1) is 17.7. The highest BCUT2D eigenvalue weighted by molar-refractivity contribution is 7.07. The maximum absolute atomic E-state index is 12.2. The van der Waals surface area contributed by atoms with Crippen molar-refractivity contribution in [2.24, 2.45) is 5.41 Å². The van der Waals surface area contributed by atoms with Gasteiger partial charge < -0.3 is 4.90 Å². The third kappa shape index (κ3) is 3.55. The molecular formula is C21H27N3OS. The molecule has 0 aromatic carbocycles. The van der Waals surface area contributed by atoms with Crippen molar-refractivity contribution in [1.29, 1.82) is 0 Å². The van der Waals surface area contributed by atoms with Crippen LogP contribution in [-0.2, 0) is 17.9 Å². The third-order valence-corrected chi connectivity index (χ3v) is 6.95. The van der Waals surface area contributed by atoms with E-state index in [-0.39, 0.29) is 5.91 Å². The van der Waals surface area contributed by atoms with E-state index in [0.29, 0.717) is 11.5 Å². The number of piperidine rings is 1. The highest BCUT2D eigenvalue weighted by Crippen LogP contribution is 2.57. The summed E-state index contributed by atoms with van der Waals surface area (Å²) in [4.78, 5) is 21.3. The second-order valence-corrected chi connectivity index (χ2v) is 8.66. The van der Waals surface area contributed by atoms with E-state index in [9.17, 15) is 4.79 Å². The zero-order valence-electron chi connectivity index (χ0n) is 15.6. The topological polar surface area (TPSA) is 36.4 Å². The number of carbonyl (C=O) groups excluding carboxylic acids is 1. The molecule has 3 heterocycles. The fourth-order valence-electron chi connectivity index (χ4n) is 4.41. The van der Waals surface area contributed by atoms with Crippen LogP contribution in [0.1, 0.15) is 43.0 Å². The molecule has 2 aromatic heterocycles. The molecule has 0 N–H and O–H groups in total. The molecule has 26 heavy (non-hydrogen) atoms. The van der Waals surface area contributed by atoms with Crippen LogP contribution >= 0.6 is 11.3 Å². The molecule has 1 saturated carbocycles. The van der Waals surface area contributed by atoms with Crippen molar-refractivity contribution >= 4 is 17.2 Å². The maximum Gasteiger partial charge on any atom is 0.220 e. The van der Waals surface area contributed by atoms with Gasteiger partial charge in [-0.05, 0) is 78.7 Å². The quantitative estimate of drug-likeness (QED) is 0.803. The summed E-state index contributed by atoms with van der Waals surface area (Å²) in [6, 6.07) is 6.78. The number of rotatable bonds is 5. The van der Waals surface area contributed by atoms with Crippen LogP contribution in [0.25, 0.3) is 0 Å². The van der Waals surface area contributed by atoms with Crippen molar-refractivity contribution < 1.29 is 4.79 Å². The molecule has 2 aromatic rings. The number of pyridine rings is 1. The molecule has 5 heteroatoms. The highest BCUT2D eigenvalue weighted by Gasteiger charge is 2.58. The Balaban J connectivity index is 1.35. The number of hydrogen-bond acceptors (Lipinski definition) is 4. The Morgan fingerprint density at radius 2 is 2.19 bits per heavy atom. The van der Waals surface area contributed by atoms with Crippen LogP contribution in [0.2, 0.25) is 0 Å². The van der Waals surface area contributed by atoms with Gasteiger partial charge in [0.2, 0.25) is 5.91 Å². The molecule has 4 nitrogen and oxygen atoms in total. The number of likely N-dealkylation sites (tertiary alicyclic amines) is 1. The van der Waals surface area contributed by atoms with E-state index >= 15 is 0 Å². The van der Waals surface area contributed by atoms with Gasteiger partial charge in [-0.2, -0.15) is 11.3 Å². The lowest BCUT2D eigenvalue weighted by Gasteiger charge is -2.35. The first-order chi connectivity index (χ1) is 12.6. The van der Waals surface area contributed by atoms with E-state index in [1.54, 1.807) is 18.3 Å². The molecule has 138 valence electrons. The van der Waals surface area contributed by atoms with Gasteiger partial charge in [-0.3, -0.25) is 14.7 Å². The van der Waals surface area contributed by atoms with Gasteiger partial charge in [0.1, 0.15) is 0 Å². The summed E-state index contributed by atoms with van der Waals surface area (Å²) in [6.45, 7) is 7.81. The largest absolute Gasteiger partial charge is 0.335 e. The maximum atomic E-state index is 12.2. The molecule has 1 aliphatic heterocycles. The minimum Gasteiger partial charge on any atom is -0.335 e. The van der Waals surface area contributed by atoms with Crippen LogP contribution in [0, 0.1) is 12.3 Å². The predicted octanol–water partition coefficient (Wildman–Crippen LogP) is 3.85. The number of amides is 1. The standard InChI is InChI=1S/C21H27N3OS/c1-16-19(4-3-8-22-16)14-23-9-6-21(7-10-23)12-20(21)24(17(2)25)13-18-5-11-26-15-18/h3-5,8,11,15,20H,6-7,9-10,12-14H2,1-2H3/t20-/m0/s1. The summed E-state index contributed by atoms with van der Waals surface area (Å²) in [5, 5.41) is 4.25. The zero-order valence-corrected chi connectivity index (χ0v) is 16.5. The van der Waals surface area contributed by atoms with Crippen LogP contribution in [0.15, 0.2) is 35.2 Å². The molecule has 1 spiro atoms. The summed E-state index contributed by atoms with van der Waals surface area (Å²) in [5.74, 6) is 0.214. The zero-order chi connectivity index (χ0) is 18.1. The fraction of sp³-hybridized carbons (Fsp3) is 0.524. The van der Waals surface area contributed by atoms with Crippen molar-refractivity contribution in [3.05, 3.63) is 52.0 Å². The Morgan fingerprint density at radius 3 is 2.85 bits per heavy atom. The summed E-state index contributed by atoms with van der Waals surface area (Å²) in [7, 11) is 0. The normalized spacial score (nSPS) is 21.7. The van der Waals surface area contributed by atoms with Crippen LogP contribution < -0.4 is 0 Å². The van der Waals surface area contributed by atoms with E-state index < -0.39 is 0 Å². The van der Waals surface area contributed by atoms with E-state index in [4.69, 9.17) is 0 Å². The summed E-state index contributed by atoms with van der Waals surface area (Å²) >= 11 is 1.71. The summed E-state index contributed by atoms with van der Waals surface area (Å²) < 4.78 is 0. The van der Waals surface area contributed by atoms with Gasteiger partial charge in [0.25, 0.3) is 0 Å². The van der Waals surface area contributed by atoms with Gasteiger partial charge >= 0.3 is 0 Å². The van der Waals surface area contributed by atoms with Gasteiger partial charge in [-0.1, -0.05) is 6.07 Å². The van der Waals surface area contributed by atoms with Crippen LogP contribution in [0.5, 0.6) is 0 Å². The molecule has 1 atom stereocenters. The molecule has 0 unspecified atom stereocenters. The smallest absolute Gasteiger partial charge is 0.220 e. The van der Waals surface area contributed by atoms with Gasteiger partial charge in [-0.25, -0.2) is 0 Å². The molecule has 0 bridgehead atoms. The van der Waals surface area contributed by atoms with E-state index in [1.807, 2.05) is 12.3 Å². The Morgan fingerprint density at radius 1 is 1.38 bits per heavy atom. The summed E-state index contributed by atoms with van der Waals surface area (Å²) in [6.07, 6.45) is 5.44. The minimum absolute atomic E-state index is 0.214. The van der Waals surface area contributed by atoms with Crippen LogP contribution in [-0.4, -0.2) is 39.8 Å². The van der Waals surface area contributed by atoms with Crippen molar-refractivity contribution in [2.75, 3.05) is 13.1 Å². The molecule has 0 radical (unpaired) electrons.